The molecule has 116 valence electrons. The highest BCUT2D eigenvalue weighted by molar-refractivity contribution is 6.52. The van der Waals surface area contributed by atoms with Crippen LogP contribution in [0.3, 0.4) is 0 Å². The fraction of sp³-hybridized carbons (Fsp3) is 1.00. The zero-order valence-electron chi connectivity index (χ0n) is 12.6. The van der Waals surface area contributed by atoms with E-state index in [4.69, 9.17) is 18.2 Å². The van der Waals surface area contributed by atoms with E-state index < -0.39 is 9.05 Å². The van der Waals surface area contributed by atoms with Crippen molar-refractivity contribution < 1.29 is 32.8 Å². The molecule has 0 aliphatic carbocycles. The number of hydrogen-bond donors (Lipinski definition) is 1. The largest absolute Gasteiger partial charge is 0.765 e. The molecule has 0 aromatic carbocycles. The van der Waals surface area contributed by atoms with Crippen LogP contribution in [0.15, 0.2) is 0 Å². The lowest BCUT2D eigenvalue weighted by atomic mass is 10.1. The lowest BCUT2D eigenvalue weighted by Crippen LogP contribution is -2.56. The molecule has 19 heavy (non-hydrogen) atoms. The normalized spacial score (nSPS) is 14.7. The smallest absolute Gasteiger partial charge is 0.331 e. The molecular weight excluding hydrogens is 274 g/mol. The Morgan fingerprint density at radius 2 is 1.37 bits per heavy atom. The molecule has 9 heteroatoms. The van der Waals surface area contributed by atoms with Crippen molar-refractivity contribution in [2.45, 2.75) is 45.9 Å². The fourth-order valence-electron chi connectivity index (χ4n) is 1.28. The third-order valence-electron chi connectivity index (χ3n) is 1.81. The molecule has 0 bridgehead atoms. The van der Waals surface area contributed by atoms with Crippen LogP contribution in [0.2, 0.25) is 0 Å². The highest BCUT2D eigenvalue weighted by Gasteiger charge is 2.53. The first-order chi connectivity index (χ1) is 8.82. The van der Waals surface area contributed by atoms with E-state index in [0.717, 1.165) is 0 Å². The maximum absolute atomic E-state index is 5.67. The van der Waals surface area contributed by atoms with Gasteiger partial charge in [0.2, 0.25) is 0 Å². The SMILES string of the molecule is CCC(NC(C)(C)C)O[Si](OOC)(OOC)OOC. The van der Waals surface area contributed by atoms with Crippen molar-refractivity contribution in [1.82, 2.24) is 5.32 Å². The van der Waals surface area contributed by atoms with Crippen LogP contribution in [0.4, 0.5) is 0 Å². The Morgan fingerprint density at radius 1 is 0.947 bits per heavy atom. The van der Waals surface area contributed by atoms with Crippen molar-refractivity contribution in [3.05, 3.63) is 0 Å². The van der Waals surface area contributed by atoms with Crippen molar-refractivity contribution in [3.8, 4) is 0 Å². The summed E-state index contributed by atoms with van der Waals surface area (Å²) in [6.45, 7) is 7.96. The van der Waals surface area contributed by atoms with Crippen molar-refractivity contribution in [2.75, 3.05) is 21.3 Å². The van der Waals surface area contributed by atoms with E-state index in [-0.39, 0.29) is 11.8 Å². The molecule has 0 saturated carbocycles. The van der Waals surface area contributed by atoms with E-state index in [1.807, 2.05) is 27.7 Å². The molecule has 0 aliphatic heterocycles. The van der Waals surface area contributed by atoms with Gasteiger partial charge in [-0.3, -0.25) is 5.32 Å². The van der Waals surface area contributed by atoms with E-state index in [0.29, 0.717) is 6.42 Å². The lowest BCUT2D eigenvalue weighted by molar-refractivity contribution is -0.374. The van der Waals surface area contributed by atoms with E-state index >= 15 is 0 Å². The summed E-state index contributed by atoms with van der Waals surface area (Å²) < 4.78 is 20.5. The third-order valence-corrected chi connectivity index (χ3v) is 3.49. The summed E-state index contributed by atoms with van der Waals surface area (Å²) in [5.74, 6) is 0. The van der Waals surface area contributed by atoms with Crippen LogP contribution < -0.4 is 5.32 Å². The predicted molar refractivity (Wildman–Crippen MR) is 68.1 cm³/mol. The summed E-state index contributed by atoms with van der Waals surface area (Å²) in [4.78, 5) is 13.8. The molecule has 8 nitrogen and oxygen atoms in total. The molecule has 0 aromatic rings. The molecule has 0 amide bonds. The average Bonchev–Trinajstić information content (AvgIpc) is 2.27. The second-order valence-corrected chi connectivity index (χ2v) is 6.39. The second kappa shape index (κ2) is 8.95. The molecule has 0 fully saturated rings. The molecule has 0 radical (unpaired) electrons. The summed E-state index contributed by atoms with van der Waals surface area (Å²) in [5.41, 5.74) is -0.159. The van der Waals surface area contributed by atoms with Gasteiger partial charge in [0.15, 0.2) is 0 Å². The van der Waals surface area contributed by atoms with Gasteiger partial charge < -0.3 is 4.43 Å². The average molecular weight is 299 g/mol. The zero-order valence-corrected chi connectivity index (χ0v) is 13.6. The maximum atomic E-state index is 5.67. The van der Waals surface area contributed by atoms with Crippen LogP contribution in [-0.2, 0) is 32.8 Å². The summed E-state index contributed by atoms with van der Waals surface area (Å²) in [7, 11) is 0.212. The van der Waals surface area contributed by atoms with E-state index in [9.17, 15) is 0 Å². The van der Waals surface area contributed by atoms with Crippen molar-refractivity contribution in [1.29, 1.82) is 0 Å². The molecule has 0 aliphatic rings. The monoisotopic (exact) mass is 299 g/mol. The van der Waals surface area contributed by atoms with Crippen molar-refractivity contribution >= 4 is 9.05 Å². The number of hydrogen-bond acceptors (Lipinski definition) is 8. The highest BCUT2D eigenvalue weighted by atomic mass is 28.4. The van der Waals surface area contributed by atoms with Gasteiger partial charge in [0, 0.05) is 5.54 Å². The minimum Gasteiger partial charge on any atom is -0.331 e. The van der Waals surface area contributed by atoms with Crippen LogP contribution in [0.5, 0.6) is 0 Å². The minimum atomic E-state index is -3.71. The quantitative estimate of drug-likeness (QED) is 0.280. The Hall–Kier alpha value is -0.103. The molecule has 1 unspecified atom stereocenters. The molecule has 0 spiro atoms. The van der Waals surface area contributed by atoms with Gasteiger partial charge in [-0.1, -0.05) is 6.92 Å². The van der Waals surface area contributed by atoms with Crippen LogP contribution in [0.25, 0.3) is 0 Å². The summed E-state index contributed by atoms with van der Waals surface area (Å²) in [5, 5.41) is 3.24. The Morgan fingerprint density at radius 3 is 1.63 bits per heavy atom. The van der Waals surface area contributed by atoms with Gasteiger partial charge in [-0.15, -0.1) is 0 Å². The van der Waals surface area contributed by atoms with Gasteiger partial charge in [0.05, 0.1) is 21.3 Å². The van der Waals surface area contributed by atoms with Gasteiger partial charge in [-0.05, 0) is 27.2 Å². The van der Waals surface area contributed by atoms with Gasteiger partial charge in [0.1, 0.15) is 6.23 Å². The van der Waals surface area contributed by atoms with E-state index in [1.54, 1.807) is 0 Å². The van der Waals surface area contributed by atoms with Crippen molar-refractivity contribution in [3.63, 3.8) is 0 Å². The molecule has 0 saturated heterocycles. The van der Waals surface area contributed by atoms with Gasteiger partial charge in [-0.2, -0.15) is 13.7 Å². The molecular formula is C10H25NO7Si. The van der Waals surface area contributed by atoms with E-state index in [2.05, 4.69) is 20.0 Å². The topological polar surface area (TPSA) is 76.6 Å². The van der Waals surface area contributed by atoms with Gasteiger partial charge >= 0.3 is 9.05 Å². The molecule has 1 N–H and O–H groups in total. The summed E-state index contributed by atoms with van der Waals surface area (Å²) in [6, 6.07) is 0. The summed E-state index contributed by atoms with van der Waals surface area (Å²) >= 11 is 0. The molecule has 0 heterocycles. The molecule has 1 atom stereocenters. The van der Waals surface area contributed by atoms with Crippen LogP contribution >= 0.6 is 0 Å². The third kappa shape index (κ3) is 7.92. The van der Waals surface area contributed by atoms with Crippen molar-refractivity contribution in [2.24, 2.45) is 0 Å². The Balaban J connectivity index is 4.82. The number of rotatable bonds is 10. The van der Waals surface area contributed by atoms with Gasteiger partial charge in [0.25, 0.3) is 0 Å². The van der Waals surface area contributed by atoms with Crippen LogP contribution in [0, 0.1) is 0 Å². The Kier molecular flexibility index (Phi) is 8.90. The fourth-order valence-corrected chi connectivity index (χ4v) is 2.67. The molecule has 0 rings (SSSR count). The van der Waals surface area contributed by atoms with Gasteiger partial charge in [-0.25, -0.2) is 14.7 Å². The predicted octanol–water partition coefficient (Wildman–Crippen LogP) is 1.30. The van der Waals surface area contributed by atoms with Crippen LogP contribution in [-0.4, -0.2) is 42.1 Å². The Labute approximate surface area is 115 Å². The minimum absolute atomic E-state index is 0.159. The maximum Gasteiger partial charge on any atom is 0.765 e. The standard InChI is InChI=1S/C10H25NO7Si/c1-8-9(11-10(2,3)4)15-19(16-12-5,17-13-6)18-14-7/h9,11H,8H2,1-7H3. The molecule has 0 aromatic heterocycles. The van der Waals surface area contributed by atoms with E-state index in [1.165, 1.54) is 21.3 Å². The second-order valence-electron chi connectivity index (χ2n) is 4.66. The summed E-state index contributed by atoms with van der Waals surface area (Å²) in [6.07, 6.45) is 0.270. The first kappa shape index (κ1) is 18.9. The first-order valence-corrected chi connectivity index (χ1v) is 7.56. The first-order valence-electron chi connectivity index (χ1n) is 5.93. The number of nitrogens with one attached hydrogen (secondary N) is 1. The van der Waals surface area contributed by atoms with Crippen LogP contribution in [0.1, 0.15) is 34.1 Å². The lowest BCUT2D eigenvalue weighted by Gasteiger charge is -2.32. The Bertz CT molecular complexity index is 219. The zero-order chi connectivity index (χ0) is 14.9. The highest BCUT2D eigenvalue weighted by Crippen LogP contribution is 2.17.